The lowest BCUT2D eigenvalue weighted by atomic mass is 9.89. The van der Waals surface area contributed by atoms with E-state index in [4.69, 9.17) is 11.5 Å². The van der Waals surface area contributed by atoms with Gasteiger partial charge in [-0.3, -0.25) is 9.80 Å². The van der Waals surface area contributed by atoms with E-state index in [9.17, 15) is 0 Å². The Morgan fingerprint density at radius 1 is 0.400 bits per heavy atom. The minimum Gasteiger partial charge on any atom is -0.326 e. The van der Waals surface area contributed by atoms with E-state index in [0.29, 0.717) is 24.2 Å². The molecule has 4 aromatic carbocycles. The summed E-state index contributed by atoms with van der Waals surface area (Å²) in [6.07, 6.45) is 9.93. The molecule has 45 heavy (non-hydrogen) atoms. The summed E-state index contributed by atoms with van der Waals surface area (Å²) in [5.41, 5.74) is 18.4. The predicted molar refractivity (Wildman–Crippen MR) is 195 cm³/mol. The summed E-state index contributed by atoms with van der Waals surface area (Å²) in [7, 11) is 0. The summed E-state index contributed by atoms with van der Waals surface area (Å²) in [5, 5.41) is 0. The summed E-state index contributed by atoms with van der Waals surface area (Å²) in [6, 6.07) is 44.6. The predicted octanol–water partition coefficient (Wildman–Crippen LogP) is 8.50. The van der Waals surface area contributed by atoms with Crippen LogP contribution in [-0.4, -0.2) is 34.0 Å². The smallest absolute Gasteiger partial charge is 0.0254 e. The highest BCUT2D eigenvalue weighted by Gasteiger charge is 2.29. The summed E-state index contributed by atoms with van der Waals surface area (Å²) >= 11 is 0. The van der Waals surface area contributed by atoms with Crippen molar-refractivity contribution < 1.29 is 0 Å². The first kappa shape index (κ1) is 35.1. The SMILES string of the molecule is Br.N[C@@H]1CCCC[C@H]1N(Cc1ccccc1)Cc1ccccc1.N[C@@H]1CCCC[C@H]1N(Cc1ccccc1)Cc1ccccc1. The average Bonchev–Trinajstić information content (AvgIpc) is 3.07. The second kappa shape index (κ2) is 19.0. The highest BCUT2D eigenvalue weighted by Crippen LogP contribution is 2.26. The third-order valence-corrected chi connectivity index (χ3v) is 9.42. The van der Waals surface area contributed by atoms with Gasteiger partial charge in [0.15, 0.2) is 0 Å². The van der Waals surface area contributed by atoms with E-state index in [1.165, 1.54) is 60.8 Å². The number of benzene rings is 4. The first-order valence-corrected chi connectivity index (χ1v) is 16.8. The maximum absolute atomic E-state index is 6.45. The van der Waals surface area contributed by atoms with Gasteiger partial charge in [0.1, 0.15) is 0 Å². The molecule has 5 heteroatoms. The van der Waals surface area contributed by atoms with Crippen LogP contribution in [-0.2, 0) is 26.2 Å². The zero-order valence-corrected chi connectivity index (χ0v) is 28.5. The second-order valence-corrected chi connectivity index (χ2v) is 12.8. The zero-order valence-electron chi connectivity index (χ0n) is 26.8. The number of hydrogen-bond acceptors (Lipinski definition) is 4. The standard InChI is InChI=1S/2C20H26N2.BrH/c2*21-19-13-7-8-14-20(19)22(15-17-9-3-1-4-10-17)16-18-11-5-2-6-12-18;/h2*1-6,9-12,19-20H,7-8,13-16,21H2;1H/t2*19-,20-;/m11./s1. The summed E-state index contributed by atoms with van der Waals surface area (Å²) < 4.78 is 0. The monoisotopic (exact) mass is 668 g/mol. The van der Waals surface area contributed by atoms with Crippen LogP contribution in [0.3, 0.4) is 0 Å². The fourth-order valence-corrected chi connectivity index (χ4v) is 7.04. The van der Waals surface area contributed by atoms with Crippen molar-refractivity contribution in [3.8, 4) is 0 Å². The number of nitrogens with zero attached hydrogens (tertiary/aromatic N) is 2. The largest absolute Gasteiger partial charge is 0.326 e. The molecule has 0 heterocycles. The Labute approximate surface area is 282 Å². The lowest BCUT2D eigenvalue weighted by molar-refractivity contribution is 0.122. The minimum atomic E-state index is 0. The van der Waals surface area contributed by atoms with Crippen LogP contribution in [0.2, 0.25) is 0 Å². The van der Waals surface area contributed by atoms with Crippen molar-refractivity contribution in [3.05, 3.63) is 144 Å². The molecular weight excluding hydrogens is 616 g/mol. The van der Waals surface area contributed by atoms with Crippen LogP contribution in [0.5, 0.6) is 0 Å². The first-order valence-electron chi connectivity index (χ1n) is 16.8. The van der Waals surface area contributed by atoms with Crippen LogP contribution >= 0.6 is 17.0 Å². The van der Waals surface area contributed by atoms with Crippen LogP contribution < -0.4 is 11.5 Å². The van der Waals surface area contributed by atoms with Gasteiger partial charge < -0.3 is 11.5 Å². The Morgan fingerprint density at radius 2 is 0.644 bits per heavy atom. The molecule has 0 amide bonds. The molecule has 0 aromatic heterocycles. The van der Waals surface area contributed by atoms with Gasteiger partial charge in [0.2, 0.25) is 0 Å². The van der Waals surface area contributed by atoms with Gasteiger partial charge >= 0.3 is 0 Å². The van der Waals surface area contributed by atoms with Crippen LogP contribution in [0.4, 0.5) is 0 Å². The molecule has 2 fully saturated rings. The van der Waals surface area contributed by atoms with Crippen molar-refractivity contribution in [2.45, 2.75) is 102 Å². The Kier molecular flexibility index (Phi) is 14.8. The third-order valence-electron chi connectivity index (χ3n) is 9.42. The van der Waals surface area contributed by atoms with Gasteiger partial charge in [0, 0.05) is 50.3 Å². The normalized spacial score (nSPS) is 21.4. The lowest BCUT2D eigenvalue weighted by Gasteiger charge is -2.38. The van der Waals surface area contributed by atoms with Crippen LogP contribution in [0.1, 0.15) is 73.6 Å². The molecule has 4 nitrogen and oxygen atoms in total. The quantitative estimate of drug-likeness (QED) is 0.178. The van der Waals surface area contributed by atoms with Crippen LogP contribution in [0.15, 0.2) is 121 Å². The van der Waals surface area contributed by atoms with Gasteiger partial charge in [0.25, 0.3) is 0 Å². The van der Waals surface area contributed by atoms with E-state index in [1.54, 1.807) is 0 Å². The van der Waals surface area contributed by atoms with Gasteiger partial charge in [-0.25, -0.2) is 0 Å². The van der Waals surface area contributed by atoms with Gasteiger partial charge in [-0.05, 0) is 47.9 Å². The molecular formula is C40H53BrN4. The fourth-order valence-electron chi connectivity index (χ4n) is 7.04. The molecule has 0 bridgehead atoms. The summed E-state index contributed by atoms with van der Waals surface area (Å²) in [4.78, 5) is 5.16. The van der Waals surface area contributed by atoms with Gasteiger partial charge in [-0.15, -0.1) is 17.0 Å². The highest BCUT2D eigenvalue weighted by molar-refractivity contribution is 8.93. The molecule has 0 saturated heterocycles. The second-order valence-electron chi connectivity index (χ2n) is 12.8. The number of nitrogens with two attached hydrogens (primary N) is 2. The first-order chi connectivity index (χ1) is 21.7. The number of halogens is 1. The summed E-state index contributed by atoms with van der Waals surface area (Å²) in [5.74, 6) is 0. The maximum Gasteiger partial charge on any atom is 0.0254 e. The van der Waals surface area contributed by atoms with E-state index < -0.39 is 0 Å². The number of rotatable bonds is 10. The molecule has 0 spiro atoms. The lowest BCUT2D eigenvalue weighted by Crippen LogP contribution is -2.48. The molecule has 2 saturated carbocycles. The Balaban J connectivity index is 0.000000200. The molecule has 6 rings (SSSR count). The Bertz CT molecular complexity index is 1130. The Hall–Kier alpha value is -2.80. The van der Waals surface area contributed by atoms with E-state index >= 15 is 0 Å². The molecule has 2 aliphatic carbocycles. The minimum absolute atomic E-state index is 0. The van der Waals surface area contributed by atoms with E-state index in [0.717, 1.165) is 39.0 Å². The molecule has 4 atom stereocenters. The van der Waals surface area contributed by atoms with Crippen molar-refractivity contribution in [2.75, 3.05) is 0 Å². The van der Waals surface area contributed by atoms with Crippen LogP contribution in [0.25, 0.3) is 0 Å². The van der Waals surface area contributed by atoms with E-state index in [2.05, 4.69) is 131 Å². The molecule has 0 aliphatic heterocycles. The van der Waals surface area contributed by atoms with Crippen molar-refractivity contribution >= 4 is 17.0 Å². The fraction of sp³-hybridized carbons (Fsp3) is 0.400. The van der Waals surface area contributed by atoms with Gasteiger partial charge in [0.05, 0.1) is 0 Å². The van der Waals surface area contributed by atoms with Crippen molar-refractivity contribution in [1.29, 1.82) is 0 Å². The van der Waals surface area contributed by atoms with E-state index in [1.807, 2.05) is 0 Å². The summed E-state index contributed by atoms with van der Waals surface area (Å²) in [6.45, 7) is 3.92. The molecule has 4 aromatic rings. The van der Waals surface area contributed by atoms with Gasteiger partial charge in [-0.2, -0.15) is 0 Å². The zero-order chi connectivity index (χ0) is 30.4. The highest BCUT2D eigenvalue weighted by atomic mass is 79.9. The van der Waals surface area contributed by atoms with E-state index in [-0.39, 0.29) is 17.0 Å². The Morgan fingerprint density at radius 3 is 0.889 bits per heavy atom. The molecule has 0 unspecified atom stereocenters. The molecule has 2 aliphatic rings. The maximum atomic E-state index is 6.45. The van der Waals surface area contributed by atoms with Gasteiger partial charge in [-0.1, -0.05) is 147 Å². The van der Waals surface area contributed by atoms with Crippen molar-refractivity contribution in [3.63, 3.8) is 0 Å². The molecule has 0 radical (unpaired) electrons. The molecule has 4 N–H and O–H groups in total. The average molecular weight is 670 g/mol. The van der Waals surface area contributed by atoms with Crippen LogP contribution in [0, 0.1) is 0 Å². The topological polar surface area (TPSA) is 58.5 Å². The van der Waals surface area contributed by atoms with Crippen molar-refractivity contribution in [1.82, 2.24) is 9.80 Å². The van der Waals surface area contributed by atoms with Crippen molar-refractivity contribution in [2.24, 2.45) is 11.5 Å². The molecule has 240 valence electrons. The third kappa shape index (κ3) is 11.2. The number of hydrogen-bond donors (Lipinski definition) is 2.